The van der Waals surface area contributed by atoms with Crippen LogP contribution in [0.5, 0.6) is 0 Å². The summed E-state index contributed by atoms with van der Waals surface area (Å²) in [6, 6.07) is -1.02. The van der Waals surface area contributed by atoms with Crippen LogP contribution in [0.2, 0.25) is 0 Å². The van der Waals surface area contributed by atoms with Gasteiger partial charge in [-0.25, -0.2) is 14.6 Å². The van der Waals surface area contributed by atoms with Gasteiger partial charge in [0.2, 0.25) is 5.79 Å². The van der Waals surface area contributed by atoms with Gasteiger partial charge in [-0.1, -0.05) is 0 Å². The average Bonchev–Trinajstić information content (AvgIpc) is 3.23. The van der Waals surface area contributed by atoms with E-state index in [1.807, 2.05) is 0 Å². The number of hydrogen-bond acceptors (Lipinski definition) is 8. The summed E-state index contributed by atoms with van der Waals surface area (Å²) >= 11 is 1.42. The van der Waals surface area contributed by atoms with Crippen molar-refractivity contribution in [1.82, 2.24) is 10.3 Å². The number of aliphatic carboxylic acids is 1. The average molecular weight is 402 g/mol. The maximum absolute atomic E-state index is 11.8. The summed E-state index contributed by atoms with van der Waals surface area (Å²) in [5.74, 6) is -0.797. The molecular formula is C17H26N2O7S. The Labute approximate surface area is 162 Å². The quantitative estimate of drug-likeness (QED) is 0.600. The number of amides is 1. The minimum absolute atomic E-state index is 0.224. The second-order valence-corrected chi connectivity index (χ2v) is 8.15. The molecule has 1 amide bonds. The number of nitrogens with one attached hydrogen (secondary N) is 1. The van der Waals surface area contributed by atoms with E-state index in [-0.39, 0.29) is 5.75 Å². The molecule has 9 nitrogen and oxygen atoms in total. The van der Waals surface area contributed by atoms with Crippen LogP contribution in [-0.4, -0.2) is 58.5 Å². The first-order valence-corrected chi connectivity index (χ1v) is 9.85. The molecule has 1 aromatic rings. The molecule has 152 valence electrons. The number of aromatic nitrogens is 1. The van der Waals surface area contributed by atoms with Gasteiger partial charge in [0.25, 0.3) is 5.89 Å². The summed E-state index contributed by atoms with van der Waals surface area (Å²) in [5.41, 5.74) is -0.685. The van der Waals surface area contributed by atoms with E-state index in [4.69, 9.17) is 18.6 Å². The highest BCUT2D eigenvalue weighted by Gasteiger charge is 2.42. The lowest BCUT2D eigenvalue weighted by atomic mass is 10.1. The van der Waals surface area contributed by atoms with E-state index in [0.717, 1.165) is 0 Å². The number of carbonyl (C=O) groups is 2. The molecule has 1 saturated heterocycles. The van der Waals surface area contributed by atoms with E-state index in [9.17, 15) is 14.7 Å². The van der Waals surface area contributed by atoms with Gasteiger partial charge in [-0.15, -0.1) is 0 Å². The van der Waals surface area contributed by atoms with E-state index >= 15 is 0 Å². The van der Waals surface area contributed by atoms with Crippen LogP contribution in [0.25, 0.3) is 0 Å². The molecule has 2 N–H and O–H groups in total. The van der Waals surface area contributed by atoms with Crippen molar-refractivity contribution in [3.63, 3.8) is 0 Å². The number of carbonyl (C=O) groups excluding carboxylic acids is 1. The molecule has 10 heteroatoms. The zero-order valence-corrected chi connectivity index (χ0v) is 16.5. The summed E-state index contributed by atoms with van der Waals surface area (Å²) in [4.78, 5) is 27.2. The van der Waals surface area contributed by atoms with Gasteiger partial charge in [-0.3, -0.25) is 0 Å². The molecular weight excluding hydrogens is 376 g/mol. The first-order chi connectivity index (χ1) is 12.7. The van der Waals surface area contributed by atoms with E-state index in [1.165, 1.54) is 24.2 Å². The van der Waals surface area contributed by atoms with Crippen molar-refractivity contribution in [2.24, 2.45) is 0 Å². The third-order valence-corrected chi connectivity index (χ3v) is 4.73. The SMILES string of the molecule is CC(C)(C)OC(=O)NC(CSCCCC1(c2ncco2)OCCO1)C(=O)O. The van der Waals surface area contributed by atoms with Crippen LogP contribution in [-0.2, 0) is 24.8 Å². The third-order valence-electron chi connectivity index (χ3n) is 3.58. The largest absolute Gasteiger partial charge is 0.480 e. The molecule has 27 heavy (non-hydrogen) atoms. The number of ether oxygens (including phenoxy) is 3. The third kappa shape index (κ3) is 6.71. The van der Waals surface area contributed by atoms with Crippen LogP contribution in [0.4, 0.5) is 4.79 Å². The van der Waals surface area contributed by atoms with Crippen LogP contribution in [0.15, 0.2) is 16.9 Å². The van der Waals surface area contributed by atoms with Crippen molar-refractivity contribution in [1.29, 1.82) is 0 Å². The van der Waals surface area contributed by atoms with Crippen molar-refractivity contribution < 1.29 is 33.3 Å². The summed E-state index contributed by atoms with van der Waals surface area (Å²) in [6.07, 6.45) is 3.50. The molecule has 1 atom stereocenters. The Hall–Kier alpha value is -1.78. The van der Waals surface area contributed by atoms with Crippen LogP contribution in [0.1, 0.15) is 39.5 Å². The van der Waals surface area contributed by atoms with E-state index in [1.54, 1.807) is 20.8 Å². The molecule has 1 aromatic heterocycles. The lowest BCUT2D eigenvalue weighted by Crippen LogP contribution is -2.45. The molecule has 2 heterocycles. The number of oxazole rings is 1. The number of alkyl carbamates (subject to hydrolysis) is 1. The Morgan fingerprint density at radius 1 is 1.41 bits per heavy atom. The first kappa shape index (κ1) is 21.5. The molecule has 0 saturated carbocycles. The van der Waals surface area contributed by atoms with Crippen LogP contribution < -0.4 is 5.32 Å². The Kier molecular flexibility index (Phi) is 7.51. The Balaban J connectivity index is 1.75. The minimum atomic E-state index is -1.10. The normalized spacial score (nSPS) is 17.4. The topological polar surface area (TPSA) is 120 Å². The van der Waals surface area contributed by atoms with Crippen molar-refractivity contribution >= 4 is 23.8 Å². The molecule has 0 aliphatic carbocycles. The Morgan fingerprint density at radius 3 is 2.67 bits per heavy atom. The molecule has 0 spiro atoms. The monoisotopic (exact) mass is 402 g/mol. The van der Waals surface area contributed by atoms with E-state index in [2.05, 4.69) is 10.3 Å². The number of carboxylic acids is 1. The molecule has 1 fully saturated rings. The number of rotatable bonds is 9. The van der Waals surface area contributed by atoms with Crippen molar-refractivity contribution in [2.45, 2.75) is 51.0 Å². The van der Waals surface area contributed by atoms with Gasteiger partial charge in [0.05, 0.1) is 19.4 Å². The van der Waals surface area contributed by atoms with Gasteiger partial charge in [0.15, 0.2) is 0 Å². The standard InChI is InChI=1S/C17H26N2O7S/c1-16(2,3)26-15(22)19-12(13(20)21)11-27-10-4-5-17(24-8-9-25-17)14-18-6-7-23-14/h6-7,12H,4-5,8-11H2,1-3H3,(H,19,22)(H,20,21). The number of hydrogen-bond donors (Lipinski definition) is 2. The molecule has 2 rings (SSSR count). The van der Waals surface area contributed by atoms with Crippen LogP contribution in [0.3, 0.4) is 0 Å². The molecule has 1 aliphatic heterocycles. The van der Waals surface area contributed by atoms with Gasteiger partial charge >= 0.3 is 12.1 Å². The van der Waals surface area contributed by atoms with Crippen molar-refractivity contribution in [2.75, 3.05) is 24.7 Å². The van der Waals surface area contributed by atoms with Crippen LogP contribution in [0, 0.1) is 0 Å². The van der Waals surface area contributed by atoms with Gasteiger partial charge in [0.1, 0.15) is 17.9 Å². The minimum Gasteiger partial charge on any atom is -0.480 e. The second-order valence-electron chi connectivity index (χ2n) is 7.00. The Bertz CT molecular complexity index is 609. The molecule has 1 aliphatic rings. The maximum atomic E-state index is 11.8. The molecule has 0 bridgehead atoms. The highest BCUT2D eigenvalue weighted by molar-refractivity contribution is 7.99. The summed E-state index contributed by atoms with van der Waals surface area (Å²) in [7, 11) is 0. The number of thioether (sulfide) groups is 1. The van der Waals surface area contributed by atoms with E-state index < -0.39 is 29.5 Å². The summed E-state index contributed by atoms with van der Waals surface area (Å²) in [6.45, 7) is 6.09. The summed E-state index contributed by atoms with van der Waals surface area (Å²) in [5, 5.41) is 11.7. The predicted octanol–water partition coefficient (Wildman–Crippen LogP) is 2.37. The van der Waals surface area contributed by atoms with Gasteiger partial charge in [0, 0.05) is 12.2 Å². The van der Waals surface area contributed by atoms with Gasteiger partial charge in [-0.05, 0) is 32.9 Å². The van der Waals surface area contributed by atoms with Gasteiger partial charge < -0.3 is 29.1 Å². The second kappa shape index (κ2) is 9.43. The number of carboxylic acid groups (broad SMARTS) is 1. The maximum Gasteiger partial charge on any atom is 0.408 e. The van der Waals surface area contributed by atoms with Crippen molar-refractivity contribution in [3.05, 3.63) is 18.4 Å². The predicted molar refractivity (Wildman–Crippen MR) is 97.4 cm³/mol. The highest BCUT2D eigenvalue weighted by Crippen LogP contribution is 2.35. The molecule has 1 unspecified atom stereocenters. The first-order valence-electron chi connectivity index (χ1n) is 8.70. The zero-order chi connectivity index (χ0) is 19.9. The van der Waals surface area contributed by atoms with E-state index in [0.29, 0.717) is 37.7 Å². The number of nitrogens with zero attached hydrogens (tertiary/aromatic N) is 1. The summed E-state index contributed by atoms with van der Waals surface area (Å²) < 4.78 is 21.8. The fraction of sp³-hybridized carbons (Fsp3) is 0.706. The molecule has 0 aromatic carbocycles. The van der Waals surface area contributed by atoms with Crippen LogP contribution >= 0.6 is 11.8 Å². The van der Waals surface area contributed by atoms with Gasteiger partial charge in [-0.2, -0.15) is 11.8 Å². The smallest absolute Gasteiger partial charge is 0.408 e. The molecule has 0 radical (unpaired) electrons. The highest BCUT2D eigenvalue weighted by atomic mass is 32.2. The van der Waals surface area contributed by atoms with Crippen molar-refractivity contribution in [3.8, 4) is 0 Å². The fourth-order valence-electron chi connectivity index (χ4n) is 2.47. The fourth-order valence-corrected chi connectivity index (χ4v) is 3.45. The lowest BCUT2D eigenvalue weighted by Gasteiger charge is -2.23. The Morgan fingerprint density at radius 2 is 2.11 bits per heavy atom. The lowest BCUT2D eigenvalue weighted by molar-refractivity contribution is -0.186. The zero-order valence-electron chi connectivity index (χ0n) is 15.7.